The standard InChI is InChI=1S/C11H22N2O6S/c1-5(15)13-8-10(18)9(17)7(3-14)19-11(8)20-4-6(16)2-12/h6-11,14,16-18H,2-4,12H2,1H3,(H,13,15)/p+1/t6-,7+,8+,9+,10+,11+/m1/s1. The van der Waals surface area contributed by atoms with Crippen molar-refractivity contribution < 1.29 is 35.7 Å². The normalized spacial score (nSPS) is 35.6. The van der Waals surface area contributed by atoms with Crippen molar-refractivity contribution in [3.05, 3.63) is 0 Å². The van der Waals surface area contributed by atoms with E-state index in [0.29, 0.717) is 12.3 Å². The first-order valence-corrected chi connectivity index (χ1v) is 7.44. The lowest BCUT2D eigenvalue weighted by Gasteiger charge is -2.42. The molecule has 1 saturated heterocycles. The fourth-order valence-electron chi connectivity index (χ4n) is 1.90. The molecule has 1 aliphatic heterocycles. The molecule has 118 valence electrons. The van der Waals surface area contributed by atoms with Gasteiger partial charge in [0.2, 0.25) is 5.91 Å². The quantitative estimate of drug-likeness (QED) is 0.295. The van der Waals surface area contributed by atoms with Crippen molar-refractivity contribution in [3.8, 4) is 0 Å². The number of carbonyl (C=O) groups is 1. The molecule has 0 spiro atoms. The van der Waals surface area contributed by atoms with E-state index in [9.17, 15) is 20.1 Å². The number of ether oxygens (including phenoxy) is 1. The second-order valence-electron chi connectivity index (χ2n) is 4.71. The molecule has 1 aliphatic rings. The zero-order chi connectivity index (χ0) is 15.3. The summed E-state index contributed by atoms with van der Waals surface area (Å²) in [5.74, 6) is -0.0545. The van der Waals surface area contributed by atoms with Crippen molar-refractivity contribution in [2.24, 2.45) is 0 Å². The molecule has 8 nitrogen and oxygen atoms in total. The highest BCUT2D eigenvalue weighted by atomic mass is 32.2. The highest BCUT2D eigenvalue weighted by Crippen LogP contribution is 2.28. The molecule has 0 saturated carbocycles. The number of aliphatic hydroxyl groups is 4. The minimum absolute atomic E-state index is 0.311. The summed E-state index contributed by atoms with van der Waals surface area (Å²) in [6, 6.07) is -0.813. The van der Waals surface area contributed by atoms with Gasteiger partial charge in [0, 0.05) is 12.7 Å². The van der Waals surface area contributed by atoms with E-state index in [1.165, 1.54) is 18.7 Å². The highest BCUT2D eigenvalue weighted by molar-refractivity contribution is 7.99. The largest absolute Gasteiger partial charge is 0.394 e. The predicted molar refractivity (Wildman–Crippen MR) is 71.6 cm³/mol. The summed E-state index contributed by atoms with van der Waals surface area (Å²) in [5, 5.41) is 41.0. The first-order valence-electron chi connectivity index (χ1n) is 6.39. The van der Waals surface area contributed by atoms with Crippen LogP contribution in [0.1, 0.15) is 6.92 Å². The third-order valence-electron chi connectivity index (χ3n) is 3.04. The smallest absolute Gasteiger partial charge is 0.217 e. The van der Waals surface area contributed by atoms with E-state index in [4.69, 9.17) is 9.84 Å². The van der Waals surface area contributed by atoms with Gasteiger partial charge in [0.25, 0.3) is 0 Å². The number of hydrogen-bond acceptors (Lipinski definition) is 7. The molecule has 1 heterocycles. The van der Waals surface area contributed by atoms with E-state index in [2.05, 4.69) is 11.1 Å². The van der Waals surface area contributed by atoms with Crippen LogP contribution in [-0.4, -0.2) is 81.1 Å². The van der Waals surface area contributed by atoms with Gasteiger partial charge in [-0.1, -0.05) is 0 Å². The number of hydrogen-bond donors (Lipinski definition) is 6. The Hall–Kier alpha value is -0.420. The molecule has 6 atom stereocenters. The average molecular weight is 311 g/mol. The summed E-state index contributed by atoms with van der Waals surface area (Å²) < 4.78 is 5.48. The predicted octanol–water partition coefficient (Wildman–Crippen LogP) is -3.73. The Bertz CT molecular complexity index is 321. The van der Waals surface area contributed by atoms with E-state index in [1.807, 2.05) is 0 Å². The number of quaternary nitrogens is 1. The second-order valence-corrected chi connectivity index (χ2v) is 5.84. The zero-order valence-electron chi connectivity index (χ0n) is 11.3. The zero-order valence-corrected chi connectivity index (χ0v) is 12.1. The Kier molecular flexibility index (Phi) is 7.17. The van der Waals surface area contributed by atoms with Crippen LogP contribution < -0.4 is 11.1 Å². The molecule has 20 heavy (non-hydrogen) atoms. The van der Waals surface area contributed by atoms with E-state index in [1.54, 1.807) is 0 Å². The highest BCUT2D eigenvalue weighted by Gasteiger charge is 2.44. The van der Waals surface area contributed by atoms with Crippen molar-refractivity contribution in [1.29, 1.82) is 0 Å². The van der Waals surface area contributed by atoms with E-state index in [0.717, 1.165) is 0 Å². The second kappa shape index (κ2) is 8.13. The van der Waals surface area contributed by atoms with Crippen molar-refractivity contribution >= 4 is 17.7 Å². The molecule has 1 amide bonds. The molecule has 0 aliphatic carbocycles. The third kappa shape index (κ3) is 4.55. The van der Waals surface area contributed by atoms with Gasteiger partial charge in [-0.3, -0.25) is 4.79 Å². The molecule has 1 rings (SSSR count). The summed E-state index contributed by atoms with van der Waals surface area (Å²) >= 11 is 1.20. The van der Waals surface area contributed by atoms with Gasteiger partial charge in [-0.2, -0.15) is 0 Å². The Morgan fingerprint density at radius 3 is 2.60 bits per heavy atom. The van der Waals surface area contributed by atoms with E-state index < -0.39 is 42.5 Å². The maximum Gasteiger partial charge on any atom is 0.217 e. The van der Waals surface area contributed by atoms with E-state index in [-0.39, 0.29) is 5.91 Å². The molecule has 1 fully saturated rings. The van der Waals surface area contributed by atoms with Crippen molar-refractivity contribution in [2.45, 2.75) is 42.8 Å². The van der Waals surface area contributed by atoms with Crippen molar-refractivity contribution in [3.63, 3.8) is 0 Å². The van der Waals surface area contributed by atoms with Crippen molar-refractivity contribution in [1.82, 2.24) is 5.32 Å². The van der Waals surface area contributed by atoms with Gasteiger partial charge in [0.05, 0.1) is 12.6 Å². The first kappa shape index (κ1) is 17.6. The van der Waals surface area contributed by atoms with Gasteiger partial charge in [0.15, 0.2) is 0 Å². The number of amides is 1. The van der Waals surface area contributed by atoms with Crippen LogP contribution in [0.4, 0.5) is 0 Å². The van der Waals surface area contributed by atoms with Crippen molar-refractivity contribution in [2.75, 3.05) is 18.9 Å². The van der Waals surface area contributed by atoms with Crippen LogP contribution in [0.25, 0.3) is 0 Å². The van der Waals surface area contributed by atoms with Gasteiger partial charge in [-0.25, -0.2) is 0 Å². The molecule has 8 N–H and O–H groups in total. The van der Waals surface area contributed by atoms with E-state index >= 15 is 0 Å². The van der Waals surface area contributed by atoms with Crippen LogP contribution >= 0.6 is 11.8 Å². The van der Waals surface area contributed by atoms with Crippen LogP contribution in [0.15, 0.2) is 0 Å². The lowest BCUT2D eigenvalue weighted by Crippen LogP contribution is -2.63. The number of thioether (sulfide) groups is 1. The molecule has 0 aromatic rings. The molecule has 0 aromatic carbocycles. The van der Waals surface area contributed by atoms with Gasteiger partial charge in [-0.15, -0.1) is 11.8 Å². The maximum atomic E-state index is 11.2. The number of nitrogens with one attached hydrogen (secondary N) is 1. The molecular weight excluding hydrogens is 288 g/mol. The lowest BCUT2D eigenvalue weighted by molar-refractivity contribution is -0.381. The summed E-state index contributed by atoms with van der Waals surface area (Å²) in [4.78, 5) is 11.2. The lowest BCUT2D eigenvalue weighted by atomic mass is 9.98. The topological polar surface area (TPSA) is 147 Å². The van der Waals surface area contributed by atoms with Crippen LogP contribution in [-0.2, 0) is 9.53 Å². The minimum Gasteiger partial charge on any atom is -0.394 e. The number of aliphatic hydroxyl groups excluding tert-OH is 4. The fraction of sp³-hybridized carbons (Fsp3) is 0.909. The summed E-state index contributed by atoms with van der Waals surface area (Å²) in [5.41, 5.74) is 2.90. The molecule has 0 aromatic heterocycles. The summed E-state index contributed by atoms with van der Waals surface area (Å²) in [6.07, 6.45) is -4.09. The van der Waals surface area contributed by atoms with Gasteiger partial charge in [-0.05, 0) is 0 Å². The monoisotopic (exact) mass is 311 g/mol. The van der Waals surface area contributed by atoms with Crippen LogP contribution in [0.3, 0.4) is 0 Å². The van der Waals surface area contributed by atoms with Gasteiger partial charge in [0.1, 0.15) is 36.4 Å². The van der Waals surface area contributed by atoms with Gasteiger partial charge < -0.3 is 36.2 Å². The summed E-state index contributed by atoms with van der Waals surface area (Å²) in [7, 11) is 0. The Labute approximate surface area is 121 Å². The SMILES string of the molecule is CC(=O)N[C@H]1[C@H](O)[C@@H](O)[C@H](CO)O[C@H]1SC[C@H](O)C[NH3+]. The Balaban J connectivity index is 2.75. The summed E-state index contributed by atoms with van der Waals surface area (Å²) in [6.45, 7) is 1.18. The Morgan fingerprint density at radius 1 is 1.45 bits per heavy atom. The third-order valence-corrected chi connectivity index (χ3v) is 4.35. The number of carbonyl (C=O) groups excluding carboxylic acids is 1. The molecule has 9 heteroatoms. The molecule has 0 bridgehead atoms. The Morgan fingerprint density at radius 2 is 2.10 bits per heavy atom. The fourth-order valence-corrected chi connectivity index (χ4v) is 3.14. The minimum atomic E-state index is -1.29. The van der Waals surface area contributed by atoms with Crippen LogP contribution in [0.2, 0.25) is 0 Å². The molecular formula is C11H23N2O6S+. The maximum absolute atomic E-state index is 11.2. The van der Waals surface area contributed by atoms with Gasteiger partial charge >= 0.3 is 0 Å². The number of rotatable bonds is 6. The first-order chi connectivity index (χ1) is 9.40. The average Bonchev–Trinajstić information content (AvgIpc) is 2.42. The molecule has 0 radical (unpaired) electrons. The molecule has 0 unspecified atom stereocenters. The van der Waals surface area contributed by atoms with Crippen LogP contribution in [0, 0.1) is 0 Å². The van der Waals surface area contributed by atoms with Crippen LogP contribution in [0.5, 0.6) is 0 Å².